The van der Waals surface area contributed by atoms with Gasteiger partial charge in [-0.2, -0.15) is 0 Å². The molecule has 0 heterocycles. The Kier molecular flexibility index (Phi) is 64.3. The molecule has 0 bridgehead atoms. The summed E-state index contributed by atoms with van der Waals surface area (Å²) in [6.07, 6.45) is 96.1. The number of carbonyl (C=O) groups excluding carboxylic acids is 3. The van der Waals surface area contributed by atoms with Crippen molar-refractivity contribution in [1.82, 2.24) is 0 Å². The summed E-state index contributed by atoms with van der Waals surface area (Å²) in [5.74, 6) is -0.891. The fourth-order valence-corrected chi connectivity index (χ4v) is 9.18. The zero-order chi connectivity index (χ0) is 58.5. The van der Waals surface area contributed by atoms with Gasteiger partial charge in [0.1, 0.15) is 13.2 Å². The summed E-state index contributed by atoms with van der Waals surface area (Å²) in [4.78, 5) is 38.3. The largest absolute Gasteiger partial charge is 0.462 e. The van der Waals surface area contributed by atoms with E-state index in [1.807, 2.05) is 0 Å². The lowest BCUT2D eigenvalue weighted by Crippen LogP contribution is -2.30. The molecule has 0 aliphatic carbocycles. The van der Waals surface area contributed by atoms with Crippen LogP contribution in [0.5, 0.6) is 0 Å². The average molecular weight is 1120 g/mol. The van der Waals surface area contributed by atoms with E-state index in [4.69, 9.17) is 14.2 Å². The first kappa shape index (κ1) is 76.5. The first-order valence-corrected chi connectivity index (χ1v) is 33.7. The van der Waals surface area contributed by atoms with Crippen molar-refractivity contribution in [2.75, 3.05) is 13.2 Å². The topological polar surface area (TPSA) is 78.9 Å². The highest BCUT2D eigenvalue weighted by atomic mass is 16.6. The van der Waals surface area contributed by atoms with Gasteiger partial charge in [-0.3, -0.25) is 14.4 Å². The SMILES string of the molecule is CC/C=C\C/C=C\C/C=C\C/C=C\C/C=C\C/C=C\CCCCCCCCCCC(=O)OCC(COC(=O)CCCCCCCCCCC)OC(=O)CCCCCCCCCCCCC/C=C\C/C=C\C/C=C\C/C=C\C/C=C\CC. The quantitative estimate of drug-likeness (QED) is 0.0261. The molecule has 6 nitrogen and oxygen atoms in total. The van der Waals surface area contributed by atoms with Crippen molar-refractivity contribution in [3.8, 4) is 0 Å². The van der Waals surface area contributed by atoms with Crippen LogP contribution in [0, 0.1) is 0 Å². The highest BCUT2D eigenvalue weighted by molar-refractivity contribution is 5.71. The molecule has 0 aromatic carbocycles. The van der Waals surface area contributed by atoms with E-state index in [9.17, 15) is 14.4 Å². The minimum atomic E-state index is -0.786. The molecular weight excluding hydrogens is 997 g/mol. The summed E-state index contributed by atoms with van der Waals surface area (Å²) in [6, 6.07) is 0. The molecule has 460 valence electrons. The Morgan fingerprint density at radius 1 is 0.259 bits per heavy atom. The van der Waals surface area contributed by atoms with Crippen LogP contribution >= 0.6 is 0 Å². The van der Waals surface area contributed by atoms with Crippen LogP contribution in [0.2, 0.25) is 0 Å². The van der Waals surface area contributed by atoms with Gasteiger partial charge in [-0.25, -0.2) is 0 Å². The average Bonchev–Trinajstić information content (AvgIpc) is 3.47. The third-order valence-electron chi connectivity index (χ3n) is 14.2. The van der Waals surface area contributed by atoms with E-state index in [1.54, 1.807) is 0 Å². The van der Waals surface area contributed by atoms with Crippen molar-refractivity contribution in [1.29, 1.82) is 0 Å². The van der Waals surface area contributed by atoms with E-state index >= 15 is 0 Å². The second kappa shape index (κ2) is 68.1. The molecule has 0 spiro atoms. The highest BCUT2D eigenvalue weighted by Crippen LogP contribution is 2.16. The van der Waals surface area contributed by atoms with Gasteiger partial charge in [0.05, 0.1) is 0 Å². The molecule has 0 aromatic rings. The fraction of sp³-hybridized carbons (Fsp3) is 0.667. The highest BCUT2D eigenvalue weighted by Gasteiger charge is 2.19. The number of unbranched alkanes of at least 4 members (excludes halogenated alkanes) is 27. The van der Waals surface area contributed by atoms with Crippen molar-refractivity contribution in [3.63, 3.8) is 0 Å². The van der Waals surface area contributed by atoms with Gasteiger partial charge in [-0.05, 0) is 116 Å². The lowest BCUT2D eigenvalue weighted by atomic mass is 10.0. The van der Waals surface area contributed by atoms with Crippen LogP contribution < -0.4 is 0 Å². The molecular formula is C75H124O6. The molecule has 0 radical (unpaired) electrons. The van der Waals surface area contributed by atoms with Gasteiger partial charge in [0.2, 0.25) is 0 Å². The lowest BCUT2D eigenvalue weighted by Gasteiger charge is -2.18. The molecule has 0 aliphatic heterocycles. The van der Waals surface area contributed by atoms with Crippen LogP contribution in [0.3, 0.4) is 0 Å². The number of allylic oxidation sites excluding steroid dienone is 22. The van der Waals surface area contributed by atoms with E-state index in [2.05, 4.69) is 154 Å². The summed E-state index contributed by atoms with van der Waals surface area (Å²) < 4.78 is 16.9. The Hall–Kier alpha value is -4.45. The normalized spacial score (nSPS) is 13.0. The van der Waals surface area contributed by atoms with E-state index < -0.39 is 6.10 Å². The van der Waals surface area contributed by atoms with E-state index in [0.29, 0.717) is 19.3 Å². The van der Waals surface area contributed by atoms with Crippen LogP contribution in [0.25, 0.3) is 0 Å². The molecule has 0 fully saturated rings. The van der Waals surface area contributed by atoms with E-state index in [0.717, 1.165) is 135 Å². The molecule has 0 saturated heterocycles. The van der Waals surface area contributed by atoms with Gasteiger partial charge in [-0.1, -0.05) is 302 Å². The number of rotatable bonds is 60. The smallest absolute Gasteiger partial charge is 0.306 e. The predicted octanol–water partition coefficient (Wildman–Crippen LogP) is 23.3. The number of carbonyl (C=O) groups is 3. The van der Waals surface area contributed by atoms with Gasteiger partial charge in [-0.15, -0.1) is 0 Å². The van der Waals surface area contributed by atoms with Crippen molar-refractivity contribution < 1.29 is 28.6 Å². The minimum absolute atomic E-state index is 0.0824. The summed E-state index contributed by atoms with van der Waals surface area (Å²) >= 11 is 0. The molecule has 0 N–H and O–H groups in total. The molecule has 1 atom stereocenters. The Morgan fingerprint density at radius 2 is 0.481 bits per heavy atom. The maximum atomic E-state index is 12.9. The Morgan fingerprint density at radius 3 is 0.753 bits per heavy atom. The Balaban J connectivity index is 4.24. The molecule has 81 heavy (non-hydrogen) atoms. The van der Waals surface area contributed by atoms with Crippen molar-refractivity contribution in [2.24, 2.45) is 0 Å². The van der Waals surface area contributed by atoms with Crippen LogP contribution in [0.4, 0.5) is 0 Å². The molecule has 6 heteroatoms. The first-order chi connectivity index (χ1) is 40.0. The van der Waals surface area contributed by atoms with Crippen LogP contribution in [0.15, 0.2) is 134 Å². The number of hydrogen-bond acceptors (Lipinski definition) is 6. The summed E-state index contributed by atoms with van der Waals surface area (Å²) in [6.45, 7) is 6.40. The predicted molar refractivity (Wildman–Crippen MR) is 353 cm³/mol. The van der Waals surface area contributed by atoms with Crippen LogP contribution in [-0.4, -0.2) is 37.2 Å². The maximum absolute atomic E-state index is 12.9. The second-order valence-electron chi connectivity index (χ2n) is 22.0. The van der Waals surface area contributed by atoms with E-state index in [1.165, 1.54) is 128 Å². The summed E-state index contributed by atoms with van der Waals surface area (Å²) in [5, 5.41) is 0. The third kappa shape index (κ3) is 66.2. The second-order valence-corrected chi connectivity index (χ2v) is 22.0. The van der Waals surface area contributed by atoms with Crippen LogP contribution in [0.1, 0.15) is 303 Å². The lowest BCUT2D eigenvalue weighted by molar-refractivity contribution is -0.167. The van der Waals surface area contributed by atoms with Gasteiger partial charge in [0, 0.05) is 19.3 Å². The monoisotopic (exact) mass is 1120 g/mol. The molecule has 0 amide bonds. The Labute approximate surface area is 500 Å². The zero-order valence-electron chi connectivity index (χ0n) is 52.8. The maximum Gasteiger partial charge on any atom is 0.306 e. The number of hydrogen-bond donors (Lipinski definition) is 0. The number of esters is 3. The van der Waals surface area contributed by atoms with Crippen molar-refractivity contribution in [2.45, 2.75) is 309 Å². The minimum Gasteiger partial charge on any atom is -0.462 e. The summed E-state index contributed by atoms with van der Waals surface area (Å²) in [5.41, 5.74) is 0. The molecule has 1 unspecified atom stereocenters. The molecule has 0 rings (SSSR count). The molecule has 0 saturated carbocycles. The van der Waals surface area contributed by atoms with Gasteiger partial charge in [0.25, 0.3) is 0 Å². The molecule has 0 aliphatic rings. The Bertz CT molecular complexity index is 1720. The van der Waals surface area contributed by atoms with Gasteiger partial charge < -0.3 is 14.2 Å². The number of ether oxygens (including phenoxy) is 3. The molecule has 0 aromatic heterocycles. The fourth-order valence-electron chi connectivity index (χ4n) is 9.18. The van der Waals surface area contributed by atoms with Crippen molar-refractivity contribution in [3.05, 3.63) is 134 Å². The van der Waals surface area contributed by atoms with Crippen molar-refractivity contribution >= 4 is 17.9 Å². The zero-order valence-corrected chi connectivity index (χ0v) is 52.8. The first-order valence-electron chi connectivity index (χ1n) is 33.7. The summed E-state index contributed by atoms with van der Waals surface area (Å²) in [7, 11) is 0. The third-order valence-corrected chi connectivity index (χ3v) is 14.2. The van der Waals surface area contributed by atoms with Gasteiger partial charge >= 0.3 is 17.9 Å². The van der Waals surface area contributed by atoms with E-state index in [-0.39, 0.29) is 31.1 Å². The van der Waals surface area contributed by atoms with Crippen LogP contribution in [-0.2, 0) is 28.6 Å². The van der Waals surface area contributed by atoms with Gasteiger partial charge in [0.15, 0.2) is 6.10 Å². The standard InChI is InChI=1S/C75H124O6/c1-4-7-10-13-16-19-21-23-25-27-29-31-33-35-37-39-41-43-45-47-49-51-53-56-59-62-65-68-74(77)80-71-72(70-79-73(76)67-64-61-58-55-18-15-12-9-6-3)81-75(78)69-66-63-60-57-54-52-50-48-46-44-42-40-38-36-34-32-30-28-26-24-22-20-17-14-11-8-5-2/h7-8,10-11,16-17,19-20,23-26,29-32,35-38,41,43,72H,4-6,9,12-15,18,21-22,27-28,33-34,39-40,42,44-71H2,1-3H3/b10-7-,11-8-,19-16-,20-17-,25-23-,26-24-,31-29-,32-30-,37-35-,38-36-,43-41-.